The number of hydrogen-bond acceptors (Lipinski definition) is 6. The number of tetrazole rings is 1. The minimum Gasteiger partial charge on any atom is -0.352 e. The summed E-state index contributed by atoms with van der Waals surface area (Å²) in [5.74, 6) is 1.59. The number of rotatable bonds is 3. The minimum absolute atomic E-state index is 0.0192. The molecule has 0 radical (unpaired) electrons. The molecule has 24 heavy (non-hydrogen) atoms. The topological polar surface area (TPSA) is 92.6 Å². The standard InChI is InChI=1S/C16H19N7O/c1-2-23-13-6-4-3-5-12(13)17-15(16(23)24)22-9-7-11(8-10-22)14-18-20-21-19-14/h3-6,11H,2,7-10H2,1H3,(H,18,19,20,21). The lowest BCUT2D eigenvalue weighted by Gasteiger charge is -2.31. The summed E-state index contributed by atoms with van der Waals surface area (Å²) in [7, 11) is 0. The summed E-state index contributed by atoms with van der Waals surface area (Å²) in [6.07, 6.45) is 1.78. The summed E-state index contributed by atoms with van der Waals surface area (Å²) in [4.78, 5) is 19.6. The number of anilines is 1. The van der Waals surface area contributed by atoms with Crippen molar-refractivity contribution in [1.29, 1.82) is 0 Å². The number of aryl methyl sites for hydroxylation is 1. The van der Waals surface area contributed by atoms with Gasteiger partial charge in [-0.1, -0.05) is 17.3 Å². The van der Waals surface area contributed by atoms with Crippen LogP contribution in [0.5, 0.6) is 0 Å². The SMILES string of the molecule is CCn1c(=O)c(N2CCC(c3nn[nH]n3)CC2)nc2ccccc21. The van der Waals surface area contributed by atoms with Crippen LogP contribution in [0.15, 0.2) is 29.1 Å². The lowest BCUT2D eigenvalue weighted by molar-refractivity contribution is 0.482. The second-order valence-corrected chi connectivity index (χ2v) is 6.00. The zero-order chi connectivity index (χ0) is 16.5. The largest absolute Gasteiger partial charge is 0.352 e. The lowest BCUT2D eigenvalue weighted by atomic mass is 9.96. The van der Waals surface area contributed by atoms with Gasteiger partial charge in [0.05, 0.1) is 11.0 Å². The summed E-state index contributed by atoms with van der Waals surface area (Å²) in [6.45, 7) is 4.15. The van der Waals surface area contributed by atoms with Crippen LogP contribution in [0.4, 0.5) is 5.82 Å². The molecule has 0 spiro atoms. The predicted octanol–water partition coefficient (Wildman–Crippen LogP) is 1.31. The molecule has 1 saturated heterocycles. The number of hydrogen-bond donors (Lipinski definition) is 1. The van der Waals surface area contributed by atoms with Crippen LogP contribution in [0.3, 0.4) is 0 Å². The first-order chi connectivity index (χ1) is 11.8. The highest BCUT2D eigenvalue weighted by Gasteiger charge is 2.26. The number of fused-ring (bicyclic) bond motifs is 1. The van der Waals surface area contributed by atoms with Gasteiger partial charge in [0.15, 0.2) is 11.6 Å². The zero-order valence-corrected chi connectivity index (χ0v) is 13.5. The molecule has 0 bridgehead atoms. The summed E-state index contributed by atoms with van der Waals surface area (Å²) in [6, 6.07) is 7.79. The average Bonchev–Trinajstić information content (AvgIpc) is 3.16. The van der Waals surface area contributed by atoms with E-state index in [4.69, 9.17) is 0 Å². The fourth-order valence-electron chi connectivity index (χ4n) is 3.39. The normalized spacial score (nSPS) is 16.0. The Morgan fingerprint density at radius 2 is 2.04 bits per heavy atom. The van der Waals surface area contributed by atoms with Gasteiger partial charge in [0.1, 0.15) is 0 Å². The maximum Gasteiger partial charge on any atom is 0.293 e. The second kappa shape index (κ2) is 6.03. The van der Waals surface area contributed by atoms with Crippen molar-refractivity contribution >= 4 is 16.9 Å². The summed E-state index contributed by atoms with van der Waals surface area (Å²) in [5, 5.41) is 14.3. The lowest BCUT2D eigenvalue weighted by Crippen LogP contribution is -2.39. The molecular weight excluding hydrogens is 306 g/mol. The van der Waals surface area contributed by atoms with E-state index < -0.39 is 0 Å². The van der Waals surface area contributed by atoms with Gasteiger partial charge in [0.2, 0.25) is 0 Å². The molecule has 0 saturated carbocycles. The summed E-state index contributed by atoms with van der Waals surface area (Å²) in [5.41, 5.74) is 1.72. The summed E-state index contributed by atoms with van der Waals surface area (Å²) >= 11 is 0. The van der Waals surface area contributed by atoms with Gasteiger partial charge in [-0.15, -0.1) is 10.2 Å². The second-order valence-electron chi connectivity index (χ2n) is 6.00. The monoisotopic (exact) mass is 325 g/mol. The average molecular weight is 325 g/mol. The molecule has 1 aliphatic rings. The van der Waals surface area contributed by atoms with E-state index in [1.807, 2.05) is 31.2 Å². The fourth-order valence-corrected chi connectivity index (χ4v) is 3.39. The Morgan fingerprint density at radius 3 is 2.75 bits per heavy atom. The number of para-hydroxylation sites is 2. The van der Waals surface area contributed by atoms with Crippen molar-refractivity contribution in [2.24, 2.45) is 0 Å². The van der Waals surface area contributed by atoms with Crippen molar-refractivity contribution < 1.29 is 0 Å². The molecule has 1 fully saturated rings. The van der Waals surface area contributed by atoms with Crippen LogP contribution in [-0.4, -0.2) is 43.3 Å². The van der Waals surface area contributed by atoms with Crippen molar-refractivity contribution in [2.45, 2.75) is 32.2 Å². The van der Waals surface area contributed by atoms with Gasteiger partial charge in [-0.2, -0.15) is 5.21 Å². The van der Waals surface area contributed by atoms with Crippen molar-refractivity contribution in [3.63, 3.8) is 0 Å². The smallest absolute Gasteiger partial charge is 0.293 e. The first-order valence-electron chi connectivity index (χ1n) is 8.25. The van der Waals surface area contributed by atoms with Crippen LogP contribution >= 0.6 is 0 Å². The maximum atomic E-state index is 12.8. The molecular formula is C16H19N7O. The molecule has 124 valence electrons. The van der Waals surface area contributed by atoms with Crippen molar-refractivity contribution in [2.75, 3.05) is 18.0 Å². The minimum atomic E-state index is -0.0192. The Kier molecular flexibility index (Phi) is 3.72. The van der Waals surface area contributed by atoms with Gasteiger partial charge in [0.25, 0.3) is 5.56 Å². The van der Waals surface area contributed by atoms with Gasteiger partial charge >= 0.3 is 0 Å². The summed E-state index contributed by atoms with van der Waals surface area (Å²) < 4.78 is 1.79. The molecule has 2 aromatic heterocycles. The van der Waals surface area contributed by atoms with Crippen LogP contribution < -0.4 is 10.5 Å². The third-order valence-corrected chi connectivity index (χ3v) is 4.67. The van der Waals surface area contributed by atoms with Crippen LogP contribution in [0.1, 0.15) is 31.5 Å². The highest BCUT2D eigenvalue weighted by molar-refractivity contribution is 5.76. The number of benzene rings is 1. The molecule has 0 aliphatic carbocycles. The Morgan fingerprint density at radius 1 is 1.25 bits per heavy atom. The number of H-pyrrole nitrogens is 1. The molecule has 3 heterocycles. The van der Waals surface area contributed by atoms with Gasteiger partial charge in [-0.05, 0) is 31.9 Å². The first kappa shape index (κ1) is 14.8. The van der Waals surface area contributed by atoms with E-state index in [1.165, 1.54) is 0 Å². The van der Waals surface area contributed by atoms with Crippen molar-refractivity contribution in [3.8, 4) is 0 Å². The number of nitrogens with one attached hydrogen (secondary N) is 1. The third kappa shape index (κ3) is 2.44. The van der Waals surface area contributed by atoms with Crippen LogP contribution in [0.2, 0.25) is 0 Å². The van der Waals surface area contributed by atoms with E-state index in [1.54, 1.807) is 4.57 Å². The molecule has 3 aromatic rings. The van der Waals surface area contributed by atoms with E-state index in [-0.39, 0.29) is 11.5 Å². The predicted molar refractivity (Wildman–Crippen MR) is 90.0 cm³/mol. The van der Waals surface area contributed by atoms with Gasteiger partial charge < -0.3 is 9.47 Å². The molecule has 8 heteroatoms. The van der Waals surface area contributed by atoms with E-state index in [9.17, 15) is 4.79 Å². The fraction of sp³-hybridized carbons (Fsp3) is 0.438. The van der Waals surface area contributed by atoms with Gasteiger partial charge in [0, 0.05) is 25.6 Å². The van der Waals surface area contributed by atoms with Crippen LogP contribution in [-0.2, 0) is 6.54 Å². The van der Waals surface area contributed by atoms with Gasteiger partial charge in [-0.25, -0.2) is 4.98 Å². The quantitative estimate of drug-likeness (QED) is 0.780. The number of aromatic nitrogens is 6. The van der Waals surface area contributed by atoms with Gasteiger partial charge in [-0.3, -0.25) is 4.79 Å². The Bertz CT molecular complexity index is 894. The Labute approximate surface area is 138 Å². The Balaban J connectivity index is 1.65. The zero-order valence-electron chi connectivity index (χ0n) is 13.5. The Hall–Kier alpha value is -2.77. The molecule has 1 N–H and O–H groups in total. The van der Waals surface area contributed by atoms with E-state index in [0.29, 0.717) is 12.4 Å². The van der Waals surface area contributed by atoms with E-state index >= 15 is 0 Å². The van der Waals surface area contributed by atoms with Crippen molar-refractivity contribution in [3.05, 3.63) is 40.4 Å². The van der Waals surface area contributed by atoms with Crippen LogP contribution in [0, 0.1) is 0 Å². The molecule has 8 nitrogen and oxygen atoms in total. The van der Waals surface area contributed by atoms with Crippen LogP contribution in [0.25, 0.3) is 11.0 Å². The molecule has 4 rings (SSSR count). The molecule has 0 atom stereocenters. The molecule has 1 aliphatic heterocycles. The highest BCUT2D eigenvalue weighted by atomic mass is 16.1. The molecule has 0 amide bonds. The van der Waals surface area contributed by atoms with E-state index in [2.05, 4.69) is 30.5 Å². The maximum absolute atomic E-state index is 12.8. The number of piperidine rings is 1. The number of aromatic amines is 1. The molecule has 0 unspecified atom stereocenters. The molecule has 1 aromatic carbocycles. The highest BCUT2D eigenvalue weighted by Crippen LogP contribution is 2.26. The third-order valence-electron chi connectivity index (χ3n) is 4.67. The van der Waals surface area contributed by atoms with E-state index in [0.717, 1.165) is 42.8 Å². The number of nitrogens with zero attached hydrogens (tertiary/aromatic N) is 6. The van der Waals surface area contributed by atoms with Crippen molar-refractivity contribution in [1.82, 2.24) is 30.2 Å². The first-order valence-corrected chi connectivity index (χ1v) is 8.25.